The Hall–Kier alpha value is -3.04. The van der Waals surface area contributed by atoms with Crippen molar-refractivity contribution in [3.05, 3.63) is 54.1 Å². The number of nitrogens with zero attached hydrogens (tertiary/aromatic N) is 2. The van der Waals surface area contributed by atoms with Crippen LogP contribution in [0.1, 0.15) is 19.4 Å². The molecule has 1 fully saturated rings. The maximum atomic E-state index is 12.4. The molecule has 0 radical (unpaired) electrons. The maximum Gasteiger partial charge on any atom is 0.246 e. The topological polar surface area (TPSA) is 72.6 Å². The van der Waals surface area contributed by atoms with E-state index in [0.717, 1.165) is 18.8 Å². The summed E-state index contributed by atoms with van der Waals surface area (Å²) in [5.41, 5.74) is 3.41. The molecule has 1 saturated heterocycles. The van der Waals surface area contributed by atoms with Crippen LogP contribution < -0.4 is 20.4 Å². The van der Waals surface area contributed by atoms with Crippen LogP contribution in [0.2, 0.25) is 0 Å². The van der Waals surface area contributed by atoms with Gasteiger partial charge in [0.15, 0.2) is 0 Å². The Bertz CT molecular complexity index is 818. The summed E-state index contributed by atoms with van der Waals surface area (Å²) in [4.78, 5) is 16.5. The molecule has 3 N–H and O–H groups in total. The third kappa shape index (κ3) is 5.02. The predicted molar refractivity (Wildman–Crippen MR) is 113 cm³/mol. The maximum absolute atomic E-state index is 12.4. The summed E-state index contributed by atoms with van der Waals surface area (Å²) >= 11 is 0. The van der Waals surface area contributed by atoms with Gasteiger partial charge in [0.25, 0.3) is 0 Å². The van der Waals surface area contributed by atoms with Crippen molar-refractivity contribution < 1.29 is 9.69 Å². The summed E-state index contributed by atoms with van der Waals surface area (Å²) in [6.07, 6.45) is 0. The Kier molecular flexibility index (Phi) is 6.51. The van der Waals surface area contributed by atoms with Crippen LogP contribution in [0.15, 0.2) is 48.5 Å². The van der Waals surface area contributed by atoms with E-state index < -0.39 is 0 Å². The van der Waals surface area contributed by atoms with Crippen LogP contribution in [0.3, 0.4) is 0 Å². The zero-order valence-corrected chi connectivity index (χ0v) is 16.5. The van der Waals surface area contributed by atoms with Gasteiger partial charge < -0.3 is 20.4 Å². The van der Waals surface area contributed by atoms with Crippen LogP contribution in [0.25, 0.3) is 0 Å². The van der Waals surface area contributed by atoms with E-state index in [1.165, 1.54) is 25.3 Å². The standard InChI is InChI=1S/C22H27N5O/c1-3-26-12-14-27(15-13-26)21-10-8-19(9-11-21)24-17(2)22(28)25-20-6-4-18(16-23)5-7-20/h4-11,17,24H,3,12-15H2,1-2H3,(H,25,28)/p+1/t17-/m1/s1. The fourth-order valence-electron chi connectivity index (χ4n) is 3.40. The average molecular weight is 379 g/mol. The summed E-state index contributed by atoms with van der Waals surface area (Å²) in [7, 11) is 0. The summed E-state index contributed by atoms with van der Waals surface area (Å²) in [6.45, 7) is 9.80. The molecule has 146 valence electrons. The molecule has 0 aliphatic carbocycles. The number of quaternary nitrogens is 1. The van der Waals surface area contributed by atoms with E-state index in [9.17, 15) is 4.79 Å². The highest BCUT2D eigenvalue weighted by Crippen LogP contribution is 2.19. The lowest BCUT2D eigenvalue weighted by atomic mass is 10.2. The molecule has 0 unspecified atom stereocenters. The number of carbonyl (C=O) groups is 1. The van der Waals surface area contributed by atoms with Gasteiger partial charge in [-0.3, -0.25) is 4.79 Å². The highest BCUT2D eigenvalue weighted by molar-refractivity contribution is 5.96. The minimum Gasteiger partial charge on any atom is -0.374 e. The number of piperazine rings is 1. The molecule has 0 bridgehead atoms. The molecule has 1 amide bonds. The minimum absolute atomic E-state index is 0.118. The zero-order valence-electron chi connectivity index (χ0n) is 16.5. The molecule has 0 aromatic heterocycles. The van der Waals surface area contributed by atoms with Crippen molar-refractivity contribution in [2.24, 2.45) is 0 Å². The lowest BCUT2D eigenvalue weighted by Gasteiger charge is -2.33. The van der Waals surface area contributed by atoms with E-state index in [1.807, 2.05) is 19.1 Å². The average Bonchev–Trinajstić information content (AvgIpc) is 2.75. The first kappa shape index (κ1) is 19.7. The second kappa shape index (κ2) is 9.25. The first-order valence-electron chi connectivity index (χ1n) is 9.85. The van der Waals surface area contributed by atoms with Crippen molar-refractivity contribution in [3.8, 4) is 6.07 Å². The van der Waals surface area contributed by atoms with Crippen molar-refractivity contribution in [1.82, 2.24) is 0 Å². The smallest absolute Gasteiger partial charge is 0.246 e. The van der Waals surface area contributed by atoms with Gasteiger partial charge in [-0.2, -0.15) is 5.26 Å². The Morgan fingerprint density at radius 2 is 1.71 bits per heavy atom. The first-order chi connectivity index (χ1) is 13.6. The number of nitriles is 1. The molecular weight excluding hydrogens is 350 g/mol. The van der Waals surface area contributed by atoms with E-state index in [1.54, 1.807) is 29.2 Å². The van der Waals surface area contributed by atoms with E-state index in [-0.39, 0.29) is 11.9 Å². The molecule has 1 aliphatic heterocycles. The second-order valence-electron chi connectivity index (χ2n) is 7.18. The zero-order chi connectivity index (χ0) is 19.9. The fraction of sp³-hybridized carbons (Fsp3) is 0.364. The Labute approximate surface area is 166 Å². The van der Waals surface area contributed by atoms with E-state index in [4.69, 9.17) is 5.26 Å². The number of likely N-dealkylation sites (N-methyl/N-ethyl adjacent to an activating group) is 1. The van der Waals surface area contributed by atoms with Gasteiger partial charge in [-0.1, -0.05) is 0 Å². The minimum atomic E-state index is -0.377. The number of benzene rings is 2. The molecular formula is C22H28N5O+. The van der Waals surface area contributed by atoms with Gasteiger partial charge in [-0.25, -0.2) is 0 Å². The van der Waals surface area contributed by atoms with E-state index in [0.29, 0.717) is 11.3 Å². The largest absolute Gasteiger partial charge is 0.374 e. The summed E-state index contributed by atoms with van der Waals surface area (Å²) in [5.74, 6) is -0.118. The van der Waals surface area contributed by atoms with Crippen LogP contribution in [0.4, 0.5) is 17.1 Å². The lowest BCUT2D eigenvalue weighted by Crippen LogP contribution is -3.14. The number of hydrogen-bond donors (Lipinski definition) is 3. The molecule has 2 aromatic rings. The van der Waals surface area contributed by atoms with Crippen molar-refractivity contribution in [2.75, 3.05) is 48.3 Å². The monoisotopic (exact) mass is 378 g/mol. The number of anilines is 3. The summed E-state index contributed by atoms with van der Waals surface area (Å²) in [5, 5.41) is 14.9. The van der Waals surface area contributed by atoms with Crippen LogP contribution >= 0.6 is 0 Å². The summed E-state index contributed by atoms with van der Waals surface area (Å²) < 4.78 is 0. The molecule has 0 spiro atoms. The second-order valence-corrected chi connectivity index (χ2v) is 7.18. The van der Waals surface area contributed by atoms with Crippen molar-refractivity contribution in [2.45, 2.75) is 19.9 Å². The molecule has 1 aliphatic rings. The Morgan fingerprint density at radius 1 is 1.11 bits per heavy atom. The van der Waals surface area contributed by atoms with Gasteiger partial charge >= 0.3 is 0 Å². The first-order valence-corrected chi connectivity index (χ1v) is 9.85. The van der Waals surface area contributed by atoms with Crippen LogP contribution in [-0.4, -0.2) is 44.7 Å². The third-order valence-electron chi connectivity index (χ3n) is 5.26. The Balaban J connectivity index is 1.52. The molecule has 28 heavy (non-hydrogen) atoms. The van der Waals surface area contributed by atoms with Crippen molar-refractivity contribution >= 4 is 23.0 Å². The van der Waals surface area contributed by atoms with Gasteiger partial charge in [0, 0.05) is 17.1 Å². The van der Waals surface area contributed by atoms with E-state index >= 15 is 0 Å². The Morgan fingerprint density at radius 3 is 2.29 bits per heavy atom. The summed E-state index contributed by atoms with van der Waals surface area (Å²) in [6, 6.07) is 16.8. The number of hydrogen-bond acceptors (Lipinski definition) is 4. The molecule has 1 atom stereocenters. The highest BCUT2D eigenvalue weighted by atomic mass is 16.2. The molecule has 0 saturated carbocycles. The van der Waals surface area contributed by atoms with Gasteiger partial charge in [0.2, 0.25) is 5.91 Å². The SMILES string of the molecule is CC[NH+]1CCN(c2ccc(N[C@H](C)C(=O)Nc3ccc(C#N)cc3)cc2)CC1. The van der Waals surface area contributed by atoms with Crippen LogP contribution in [0.5, 0.6) is 0 Å². The predicted octanol–water partition coefficient (Wildman–Crippen LogP) is 1.72. The molecule has 2 aromatic carbocycles. The highest BCUT2D eigenvalue weighted by Gasteiger charge is 2.19. The number of rotatable bonds is 6. The molecule has 1 heterocycles. The van der Waals surface area contributed by atoms with Gasteiger partial charge in [0.05, 0.1) is 44.4 Å². The number of carbonyl (C=O) groups excluding carboxylic acids is 1. The van der Waals surface area contributed by atoms with Crippen molar-refractivity contribution in [3.63, 3.8) is 0 Å². The quantitative estimate of drug-likeness (QED) is 0.716. The van der Waals surface area contributed by atoms with Gasteiger partial charge in [-0.05, 0) is 62.4 Å². The lowest BCUT2D eigenvalue weighted by molar-refractivity contribution is -0.898. The van der Waals surface area contributed by atoms with Crippen molar-refractivity contribution in [1.29, 1.82) is 5.26 Å². The molecule has 6 nitrogen and oxygen atoms in total. The van der Waals surface area contributed by atoms with Gasteiger partial charge in [-0.15, -0.1) is 0 Å². The fourth-order valence-corrected chi connectivity index (χ4v) is 3.40. The van der Waals surface area contributed by atoms with Crippen LogP contribution in [0, 0.1) is 11.3 Å². The normalized spacial score (nSPS) is 15.5. The molecule has 3 rings (SSSR count). The number of amides is 1. The van der Waals surface area contributed by atoms with E-state index in [2.05, 4.69) is 40.7 Å². The third-order valence-corrected chi connectivity index (χ3v) is 5.26. The van der Waals surface area contributed by atoms with Crippen LogP contribution in [-0.2, 0) is 4.79 Å². The van der Waals surface area contributed by atoms with Gasteiger partial charge in [0.1, 0.15) is 6.04 Å². The molecule has 6 heteroatoms. The number of nitrogens with one attached hydrogen (secondary N) is 3.